The third kappa shape index (κ3) is 2.87. The highest BCUT2D eigenvalue weighted by molar-refractivity contribution is 5.98. The van der Waals surface area contributed by atoms with E-state index < -0.39 is 4.92 Å². The highest BCUT2D eigenvalue weighted by Gasteiger charge is 2.25. The molecule has 0 aliphatic heterocycles. The van der Waals surface area contributed by atoms with Crippen molar-refractivity contribution in [3.8, 4) is 0 Å². The van der Waals surface area contributed by atoms with Gasteiger partial charge in [-0.2, -0.15) is 0 Å². The van der Waals surface area contributed by atoms with Crippen molar-refractivity contribution in [3.63, 3.8) is 0 Å². The smallest absolute Gasteiger partial charge is 0.288 e. The number of amides is 1. The molecule has 1 heterocycles. The number of nitrogens with zero attached hydrogens (tertiary/aromatic N) is 3. The van der Waals surface area contributed by atoms with Gasteiger partial charge in [0, 0.05) is 19.2 Å². The van der Waals surface area contributed by atoms with Gasteiger partial charge in [0.05, 0.1) is 10.5 Å². The molecule has 0 saturated heterocycles. The molecule has 7 nitrogen and oxygen atoms in total. The van der Waals surface area contributed by atoms with Crippen molar-refractivity contribution in [2.45, 2.75) is 26.2 Å². The summed E-state index contributed by atoms with van der Waals surface area (Å²) in [6.45, 7) is 3.12. The SMILES string of the molecule is CCN(CC1CCC1)C(=O)c1cc([N+](=O)[O-])cnc1N. The number of anilines is 1. The molecule has 2 rings (SSSR count). The lowest BCUT2D eigenvalue weighted by molar-refractivity contribution is -0.385. The number of hydrogen-bond acceptors (Lipinski definition) is 5. The largest absolute Gasteiger partial charge is 0.383 e. The summed E-state index contributed by atoms with van der Waals surface area (Å²) in [5.74, 6) is 0.285. The monoisotopic (exact) mass is 278 g/mol. The van der Waals surface area contributed by atoms with Crippen LogP contribution in [0.4, 0.5) is 11.5 Å². The molecule has 1 fully saturated rings. The number of aromatic nitrogens is 1. The van der Waals surface area contributed by atoms with Crippen molar-refractivity contribution < 1.29 is 9.72 Å². The van der Waals surface area contributed by atoms with Crippen LogP contribution in [0.3, 0.4) is 0 Å². The van der Waals surface area contributed by atoms with Crippen molar-refractivity contribution in [3.05, 3.63) is 27.9 Å². The first-order valence-electron chi connectivity index (χ1n) is 6.72. The van der Waals surface area contributed by atoms with Gasteiger partial charge in [-0.25, -0.2) is 4.98 Å². The highest BCUT2D eigenvalue weighted by Crippen LogP contribution is 2.28. The fraction of sp³-hybridized carbons (Fsp3) is 0.538. The number of carbonyl (C=O) groups is 1. The number of nitro groups is 1. The van der Waals surface area contributed by atoms with Gasteiger partial charge in [-0.3, -0.25) is 14.9 Å². The van der Waals surface area contributed by atoms with Crippen LogP contribution in [0.5, 0.6) is 0 Å². The first-order valence-corrected chi connectivity index (χ1v) is 6.72. The van der Waals surface area contributed by atoms with Gasteiger partial charge in [0.15, 0.2) is 0 Å². The van der Waals surface area contributed by atoms with Gasteiger partial charge < -0.3 is 10.6 Å². The Balaban J connectivity index is 2.21. The van der Waals surface area contributed by atoms with Gasteiger partial charge in [-0.05, 0) is 25.7 Å². The van der Waals surface area contributed by atoms with Gasteiger partial charge in [-0.1, -0.05) is 6.42 Å². The zero-order valence-corrected chi connectivity index (χ0v) is 11.4. The van der Waals surface area contributed by atoms with Gasteiger partial charge in [-0.15, -0.1) is 0 Å². The first-order chi connectivity index (χ1) is 9.52. The van der Waals surface area contributed by atoms with E-state index in [1.165, 1.54) is 12.5 Å². The summed E-state index contributed by atoms with van der Waals surface area (Å²) in [6.07, 6.45) is 4.53. The van der Waals surface area contributed by atoms with Gasteiger partial charge in [0.25, 0.3) is 11.6 Å². The Labute approximate surface area is 116 Å². The Hall–Kier alpha value is -2.18. The Morgan fingerprint density at radius 3 is 2.80 bits per heavy atom. The standard InChI is InChI=1S/C13H18N4O3/c1-2-16(8-9-4-3-5-9)13(18)11-6-10(17(19)20)7-15-12(11)14/h6-7,9H,2-5,8H2,1H3,(H2,14,15). The fourth-order valence-corrected chi connectivity index (χ4v) is 2.25. The average Bonchev–Trinajstić information content (AvgIpc) is 2.37. The summed E-state index contributed by atoms with van der Waals surface area (Å²) >= 11 is 0. The van der Waals surface area contributed by atoms with E-state index >= 15 is 0 Å². The van der Waals surface area contributed by atoms with Crippen LogP contribution >= 0.6 is 0 Å². The number of nitrogen functional groups attached to an aromatic ring is 1. The van der Waals surface area contributed by atoms with E-state index in [1.54, 1.807) is 4.90 Å². The fourth-order valence-electron chi connectivity index (χ4n) is 2.25. The summed E-state index contributed by atoms with van der Waals surface area (Å²) in [5.41, 5.74) is 5.57. The van der Waals surface area contributed by atoms with E-state index in [1.807, 2.05) is 6.92 Å². The molecular weight excluding hydrogens is 260 g/mol. The minimum absolute atomic E-state index is 0.0349. The quantitative estimate of drug-likeness (QED) is 0.654. The van der Waals surface area contributed by atoms with Crippen LogP contribution in [0.15, 0.2) is 12.3 Å². The molecule has 2 N–H and O–H groups in total. The van der Waals surface area contributed by atoms with E-state index in [0.717, 1.165) is 19.0 Å². The molecule has 20 heavy (non-hydrogen) atoms. The molecule has 7 heteroatoms. The van der Waals surface area contributed by atoms with Crippen LogP contribution in [0.25, 0.3) is 0 Å². The van der Waals surface area contributed by atoms with Crippen molar-refractivity contribution in [1.82, 2.24) is 9.88 Å². The van der Waals surface area contributed by atoms with E-state index in [2.05, 4.69) is 4.98 Å². The van der Waals surface area contributed by atoms with E-state index in [9.17, 15) is 14.9 Å². The van der Waals surface area contributed by atoms with Crippen LogP contribution in [0.1, 0.15) is 36.5 Å². The number of carbonyl (C=O) groups excluding carboxylic acids is 1. The van der Waals surface area contributed by atoms with Crippen molar-refractivity contribution in [2.24, 2.45) is 5.92 Å². The molecular formula is C13H18N4O3. The van der Waals surface area contributed by atoms with E-state index in [0.29, 0.717) is 19.0 Å². The maximum Gasteiger partial charge on any atom is 0.288 e. The molecule has 0 unspecified atom stereocenters. The van der Waals surface area contributed by atoms with Gasteiger partial charge >= 0.3 is 0 Å². The van der Waals surface area contributed by atoms with Gasteiger partial charge in [0.1, 0.15) is 12.0 Å². The molecule has 1 aliphatic rings. The predicted octanol–water partition coefficient (Wildman–Crippen LogP) is 1.83. The molecule has 0 atom stereocenters. The maximum absolute atomic E-state index is 12.4. The minimum Gasteiger partial charge on any atom is -0.383 e. The summed E-state index contributed by atoms with van der Waals surface area (Å²) in [7, 11) is 0. The molecule has 1 amide bonds. The van der Waals surface area contributed by atoms with Crippen LogP contribution in [0, 0.1) is 16.0 Å². The normalized spacial score (nSPS) is 14.7. The number of hydrogen-bond donors (Lipinski definition) is 1. The molecule has 0 radical (unpaired) electrons. The zero-order valence-electron chi connectivity index (χ0n) is 11.4. The Bertz CT molecular complexity index is 528. The molecule has 0 aromatic carbocycles. The first kappa shape index (κ1) is 14.2. The lowest BCUT2D eigenvalue weighted by Crippen LogP contribution is -2.37. The van der Waals surface area contributed by atoms with E-state index in [-0.39, 0.29) is 23.0 Å². The molecule has 1 aromatic heterocycles. The average molecular weight is 278 g/mol. The Kier molecular flexibility index (Phi) is 4.16. The molecule has 1 aromatic rings. The third-order valence-corrected chi connectivity index (χ3v) is 3.72. The lowest BCUT2D eigenvalue weighted by atomic mass is 9.85. The molecule has 108 valence electrons. The molecule has 1 saturated carbocycles. The van der Waals surface area contributed by atoms with Crippen molar-refractivity contribution in [1.29, 1.82) is 0 Å². The second-order valence-corrected chi connectivity index (χ2v) is 5.02. The molecule has 0 spiro atoms. The second kappa shape index (κ2) is 5.85. The number of rotatable bonds is 5. The summed E-state index contributed by atoms with van der Waals surface area (Å²) in [6, 6.07) is 1.20. The van der Waals surface area contributed by atoms with Crippen LogP contribution < -0.4 is 5.73 Å². The Morgan fingerprint density at radius 1 is 1.60 bits per heavy atom. The molecule has 0 bridgehead atoms. The van der Waals surface area contributed by atoms with Crippen LogP contribution in [-0.4, -0.2) is 33.8 Å². The number of pyridine rings is 1. The minimum atomic E-state index is -0.578. The lowest BCUT2D eigenvalue weighted by Gasteiger charge is -2.31. The van der Waals surface area contributed by atoms with E-state index in [4.69, 9.17) is 5.73 Å². The summed E-state index contributed by atoms with van der Waals surface area (Å²) in [4.78, 5) is 28.0. The third-order valence-electron chi connectivity index (χ3n) is 3.72. The Morgan fingerprint density at radius 2 is 2.30 bits per heavy atom. The van der Waals surface area contributed by atoms with Crippen LogP contribution in [0.2, 0.25) is 0 Å². The summed E-state index contributed by atoms with van der Waals surface area (Å²) < 4.78 is 0. The summed E-state index contributed by atoms with van der Waals surface area (Å²) in [5, 5.41) is 10.8. The van der Waals surface area contributed by atoms with Crippen molar-refractivity contribution >= 4 is 17.4 Å². The topological polar surface area (TPSA) is 102 Å². The van der Waals surface area contributed by atoms with Crippen molar-refractivity contribution in [2.75, 3.05) is 18.8 Å². The predicted molar refractivity (Wildman–Crippen MR) is 74.2 cm³/mol. The maximum atomic E-state index is 12.4. The molecule has 1 aliphatic carbocycles. The highest BCUT2D eigenvalue weighted by atomic mass is 16.6. The van der Waals surface area contributed by atoms with Crippen LogP contribution in [-0.2, 0) is 0 Å². The van der Waals surface area contributed by atoms with Gasteiger partial charge in [0.2, 0.25) is 0 Å². The second-order valence-electron chi connectivity index (χ2n) is 5.02. The zero-order chi connectivity index (χ0) is 14.7. The number of nitrogens with two attached hydrogens (primary N) is 1.